The number of ether oxygens (including phenoxy) is 2. The van der Waals surface area contributed by atoms with Crippen molar-refractivity contribution in [2.45, 2.75) is 177 Å². The summed E-state index contributed by atoms with van der Waals surface area (Å²) in [6.45, 7) is 23.4. The molecule has 9 heteroatoms. The number of hydrogen-bond donors (Lipinski definition) is 1. The van der Waals surface area contributed by atoms with Crippen molar-refractivity contribution in [2.24, 2.45) is 10.8 Å². The van der Waals surface area contributed by atoms with Crippen molar-refractivity contribution in [1.82, 2.24) is 0 Å². The quantitative estimate of drug-likeness (QED) is 0.143. The molecule has 1 aromatic carbocycles. The van der Waals surface area contributed by atoms with Crippen LogP contribution in [0.5, 0.6) is 5.75 Å². The van der Waals surface area contributed by atoms with Crippen LogP contribution in [0.3, 0.4) is 0 Å². The highest BCUT2D eigenvalue weighted by atomic mass is 35.6. The van der Waals surface area contributed by atoms with Crippen LogP contribution >= 0.6 is 69.6 Å². The lowest BCUT2D eigenvalue weighted by Gasteiger charge is -2.59. The minimum Gasteiger partial charge on any atom is -0.508 e. The van der Waals surface area contributed by atoms with Crippen molar-refractivity contribution < 1.29 is 14.6 Å². The monoisotopic (exact) mass is 750 g/mol. The largest absolute Gasteiger partial charge is 0.508 e. The zero-order valence-electron chi connectivity index (χ0n) is 29.6. The minimum absolute atomic E-state index is 0.172. The van der Waals surface area contributed by atoms with E-state index in [-0.39, 0.29) is 11.2 Å². The second kappa shape index (κ2) is 16.6. The van der Waals surface area contributed by atoms with Crippen molar-refractivity contribution in [3.63, 3.8) is 0 Å². The van der Waals surface area contributed by atoms with Gasteiger partial charge in [0.1, 0.15) is 17.0 Å². The van der Waals surface area contributed by atoms with E-state index < -0.39 is 35.4 Å². The van der Waals surface area contributed by atoms with Crippen LogP contribution in [0.2, 0.25) is 0 Å². The Bertz CT molecular complexity index is 1020. The average Bonchev–Trinajstić information content (AvgIpc) is 2.98. The smallest absolute Gasteiger partial charge is 0.219 e. The highest BCUT2D eigenvalue weighted by Crippen LogP contribution is 2.60. The van der Waals surface area contributed by atoms with E-state index in [1.54, 1.807) is 12.1 Å². The summed E-state index contributed by atoms with van der Waals surface area (Å²) in [6, 6.07) is 7.06. The van der Waals surface area contributed by atoms with Crippen LogP contribution < -0.4 is 0 Å². The Morgan fingerprint density at radius 2 is 1.02 bits per heavy atom. The maximum Gasteiger partial charge on any atom is 0.219 e. The lowest BCUT2D eigenvalue weighted by atomic mass is 9.60. The normalized spacial score (nSPS) is 16.8. The number of halogens is 6. The molecule has 1 aromatic rings. The summed E-state index contributed by atoms with van der Waals surface area (Å²) in [5.74, 6) is 0.177. The van der Waals surface area contributed by atoms with Crippen molar-refractivity contribution in [2.75, 3.05) is 0 Å². The SMILES string of the molecule is CCC(C)(CC)CC(Cc1ccc(O)cc1)(OC(CC)(CC)C(CC)(CC)CC(C)(OC(C)(CC)CC)C(Cl)(Cl)Cl)C(Cl)(Cl)Cl. The molecule has 1 N–H and O–H groups in total. The molecule has 45 heavy (non-hydrogen) atoms. The lowest BCUT2D eigenvalue weighted by molar-refractivity contribution is -0.249. The van der Waals surface area contributed by atoms with Gasteiger partial charge in [-0.1, -0.05) is 157 Å². The van der Waals surface area contributed by atoms with E-state index in [0.29, 0.717) is 32.1 Å². The average molecular weight is 754 g/mol. The molecular weight excluding hydrogens is 693 g/mol. The molecule has 2 unspecified atom stereocenters. The van der Waals surface area contributed by atoms with Gasteiger partial charge in [-0.25, -0.2) is 0 Å². The van der Waals surface area contributed by atoms with E-state index in [0.717, 1.165) is 44.1 Å². The number of phenolic OH excluding ortho intramolecular Hbond substituents is 1. The van der Waals surface area contributed by atoms with Gasteiger partial charge in [-0.2, -0.15) is 0 Å². The highest BCUT2D eigenvalue weighted by molar-refractivity contribution is 6.69. The predicted octanol–water partition coefficient (Wildman–Crippen LogP) is 13.8. The summed E-state index contributed by atoms with van der Waals surface area (Å²) in [7, 11) is 0. The molecule has 0 saturated heterocycles. The first kappa shape index (κ1) is 43.7. The molecule has 0 amide bonds. The Labute approximate surface area is 305 Å². The molecule has 0 spiro atoms. The molecule has 0 radical (unpaired) electrons. The third-order valence-corrected chi connectivity index (χ3v) is 13.7. The van der Waals surface area contributed by atoms with Crippen LogP contribution in [0.1, 0.15) is 146 Å². The molecule has 0 aliphatic carbocycles. The molecule has 1 rings (SSSR count). The zero-order chi connectivity index (χ0) is 35.2. The summed E-state index contributed by atoms with van der Waals surface area (Å²) in [4.78, 5) is 0. The maximum atomic E-state index is 10.0. The summed E-state index contributed by atoms with van der Waals surface area (Å²) >= 11 is 41.9. The van der Waals surface area contributed by atoms with Crippen LogP contribution in [-0.2, 0) is 15.9 Å². The van der Waals surface area contributed by atoms with E-state index in [1.807, 2.05) is 19.1 Å². The summed E-state index contributed by atoms with van der Waals surface area (Å²) in [5, 5.41) is 10.0. The second-order valence-electron chi connectivity index (χ2n) is 14.0. The third-order valence-electron chi connectivity index (χ3n) is 11.5. The Balaban J connectivity index is 4.12. The molecule has 0 aliphatic heterocycles. The molecule has 264 valence electrons. The minimum atomic E-state index is -1.79. The van der Waals surface area contributed by atoms with Gasteiger partial charge >= 0.3 is 0 Å². The Hall–Kier alpha value is 0.680. The molecule has 0 aliphatic rings. The van der Waals surface area contributed by atoms with Gasteiger partial charge in [0.05, 0.1) is 11.2 Å². The van der Waals surface area contributed by atoms with Crippen LogP contribution in [-0.4, -0.2) is 35.1 Å². The first-order valence-electron chi connectivity index (χ1n) is 16.9. The van der Waals surface area contributed by atoms with E-state index in [2.05, 4.69) is 69.2 Å². The molecular formula is C36H60Cl6O3. The lowest BCUT2D eigenvalue weighted by Crippen LogP contribution is -2.63. The van der Waals surface area contributed by atoms with E-state index in [9.17, 15) is 5.11 Å². The van der Waals surface area contributed by atoms with Gasteiger partial charge in [-0.3, -0.25) is 0 Å². The first-order chi connectivity index (χ1) is 20.5. The van der Waals surface area contributed by atoms with Crippen molar-refractivity contribution in [1.29, 1.82) is 0 Å². The Morgan fingerprint density at radius 1 is 0.556 bits per heavy atom. The number of aromatic hydroxyl groups is 1. The van der Waals surface area contributed by atoms with Crippen molar-refractivity contribution >= 4 is 69.6 Å². The van der Waals surface area contributed by atoms with Gasteiger partial charge < -0.3 is 14.6 Å². The first-order valence-corrected chi connectivity index (χ1v) is 19.1. The summed E-state index contributed by atoms with van der Waals surface area (Å²) in [6.07, 6.45) is 7.33. The molecule has 0 fully saturated rings. The topological polar surface area (TPSA) is 38.7 Å². The number of benzene rings is 1. The van der Waals surface area contributed by atoms with Gasteiger partial charge in [-0.15, -0.1) is 0 Å². The fourth-order valence-corrected chi connectivity index (χ4v) is 8.07. The van der Waals surface area contributed by atoms with Crippen LogP contribution in [0.4, 0.5) is 0 Å². The fraction of sp³-hybridized carbons (Fsp3) is 0.833. The second-order valence-corrected chi connectivity index (χ2v) is 18.5. The van der Waals surface area contributed by atoms with Crippen molar-refractivity contribution in [3.05, 3.63) is 29.8 Å². The van der Waals surface area contributed by atoms with Gasteiger partial charge in [-0.05, 0) is 88.3 Å². The van der Waals surface area contributed by atoms with Crippen molar-refractivity contribution in [3.8, 4) is 5.75 Å². The van der Waals surface area contributed by atoms with Crippen LogP contribution in [0, 0.1) is 10.8 Å². The molecule has 0 aromatic heterocycles. The number of hydrogen-bond acceptors (Lipinski definition) is 3. The fourth-order valence-electron chi connectivity index (χ4n) is 7.24. The van der Waals surface area contributed by atoms with E-state index >= 15 is 0 Å². The maximum absolute atomic E-state index is 10.0. The molecule has 0 bridgehead atoms. The molecule has 0 heterocycles. The third kappa shape index (κ3) is 9.90. The predicted molar refractivity (Wildman–Crippen MR) is 199 cm³/mol. The van der Waals surface area contributed by atoms with Gasteiger partial charge in [0.15, 0.2) is 0 Å². The van der Waals surface area contributed by atoms with Crippen LogP contribution in [0.15, 0.2) is 24.3 Å². The molecule has 0 saturated carbocycles. The zero-order valence-corrected chi connectivity index (χ0v) is 34.2. The Kier molecular flexibility index (Phi) is 16.1. The van der Waals surface area contributed by atoms with E-state index in [4.69, 9.17) is 79.1 Å². The number of alkyl halides is 6. The summed E-state index contributed by atoms with van der Waals surface area (Å²) < 4.78 is 11.1. The van der Waals surface area contributed by atoms with Gasteiger partial charge in [0.2, 0.25) is 7.59 Å². The van der Waals surface area contributed by atoms with Crippen LogP contribution in [0.25, 0.3) is 0 Å². The molecule has 2 atom stereocenters. The number of rotatable bonds is 19. The van der Waals surface area contributed by atoms with Gasteiger partial charge in [0.25, 0.3) is 0 Å². The van der Waals surface area contributed by atoms with Gasteiger partial charge in [0, 0.05) is 11.8 Å². The number of phenols is 1. The molecule has 3 nitrogen and oxygen atoms in total. The standard InChI is InChI=1S/C36H60Cl6O3/c1-12-29(9,13-2)25-34(36(40,41)42,24-27-20-22-28(43)23-21-27)45-33(18-7,19-8)32(16-5,17-6)26-31(11,35(37,38)39)44-30(10,14-3)15-4/h20-23,43H,12-19,24-26H2,1-11H3. The highest BCUT2D eigenvalue weighted by Gasteiger charge is 2.62. The van der Waals surface area contributed by atoms with E-state index in [1.165, 1.54) is 0 Å². The summed E-state index contributed by atoms with van der Waals surface area (Å²) in [5.41, 5.74) is -3.44. The Morgan fingerprint density at radius 3 is 1.36 bits per heavy atom.